The lowest BCUT2D eigenvalue weighted by atomic mass is 10.2. The van der Waals surface area contributed by atoms with E-state index in [-0.39, 0.29) is 0 Å². The molecule has 0 saturated carbocycles. The molecule has 0 bridgehead atoms. The fourth-order valence-corrected chi connectivity index (χ4v) is 1.18. The molecule has 0 unspecified atom stereocenters. The predicted octanol–water partition coefficient (Wildman–Crippen LogP) is 1.97. The summed E-state index contributed by atoms with van der Waals surface area (Å²) in [5.74, 6) is -2.86. The smallest absolute Gasteiger partial charge is 0.502 e. The van der Waals surface area contributed by atoms with Gasteiger partial charge in [-0.25, -0.2) is 4.98 Å². The summed E-state index contributed by atoms with van der Waals surface area (Å²) in [6.07, 6.45) is -4.87. The van der Waals surface area contributed by atoms with E-state index in [2.05, 4.69) is 9.72 Å². The molecule has 0 radical (unpaired) electrons. The molecule has 0 saturated heterocycles. The minimum atomic E-state index is -5.19. The van der Waals surface area contributed by atoms with Crippen molar-refractivity contribution in [2.45, 2.75) is 6.36 Å². The number of hydrogen-bond donors (Lipinski definition) is 1. The summed E-state index contributed by atoms with van der Waals surface area (Å²) in [5, 5.41) is 18.2. The Balaban J connectivity index is 3.40. The third-order valence-corrected chi connectivity index (χ3v) is 1.79. The second-order valence-electron chi connectivity index (χ2n) is 2.75. The number of alkyl halides is 3. The molecule has 1 rings (SSSR count). The summed E-state index contributed by atoms with van der Waals surface area (Å²) >= 11 is 4.93. The van der Waals surface area contributed by atoms with E-state index in [0.717, 1.165) is 0 Å². The fraction of sp³-hybridized carbons (Fsp3) is 0.143. The highest BCUT2D eigenvalue weighted by molar-refractivity contribution is 6.68. The van der Waals surface area contributed by atoms with E-state index in [4.69, 9.17) is 11.6 Å². The third kappa shape index (κ3) is 2.97. The highest BCUT2D eigenvalue weighted by Gasteiger charge is 2.36. The standard InChI is InChI=1S/C7H2ClF3N2O5/c8-5(15)3-2(13(16)17)1-12-6(4(3)14)18-7(9,10)11/h1,14H. The van der Waals surface area contributed by atoms with Crippen LogP contribution in [0.15, 0.2) is 6.20 Å². The van der Waals surface area contributed by atoms with Crippen LogP contribution in [0.3, 0.4) is 0 Å². The Labute approximate surface area is 101 Å². The average Bonchev–Trinajstić information content (AvgIpc) is 2.17. The molecule has 1 aromatic rings. The van der Waals surface area contributed by atoms with Crippen LogP contribution in [0.4, 0.5) is 18.9 Å². The Morgan fingerprint density at radius 3 is 2.50 bits per heavy atom. The van der Waals surface area contributed by atoms with E-state index in [0.29, 0.717) is 6.20 Å². The third-order valence-electron chi connectivity index (χ3n) is 1.61. The van der Waals surface area contributed by atoms with E-state index in [1.807, 2.05) is 0 Å². The highest BCUT2D eigenvalue weighted by atomic mass is 35.5. The number of aromatic nitrogens is 1. The van der Waals surface area contributed by atoms with Crippen LogP contribution >= 0.6 is 11.6 Å². The summed E-state index contributed by atoms with van der Waals surface area (Å²) in [6, 6.07) is 0. The number of carbonyl (C=O) groups is 1. The minimum Gasteiger partial charge on any atom is -0.502 e. The number of pyridine rings is 1. The number of aromatic hydroxyl groups is 1. The first-order valence-corrected chi connectivity index (χ1v) is 4.33. The van der Waals surface area contributed by atoms with E-state index >= 15 is 0 Å². The second-order valence-corrected chi connectivity index (χ2v) is 3.09. The average molecular weight is 287 g/mol. The van der Waals surface area contributed by atoms with E-state index in [1.165, 1.54) is 0 Å². The zero-order chi connectivity index (χ0) is 14.1. The maximum atomic E-state index is 11.9. The Bertz CT molecular complexity index is 519. The zero-order valence-corrected chi connectivity index (χ0v) is 8.82. The van der Waals surface area contributed by atoms with Gasteiger partial charge in [-0.15, -0.1) is 13.2 Å². The van der Waals surface area contributed by atoms with Crippen LogP contribution in [-0.2, 0) is 0 Å². The van der Waals surface area contributed by atoms with Crippen LogP contribution in [-0.4, -0.2) is 26.6 Å². The van der Waals surface area contributed by atoms with Crippen LogP contribution in [0.5, 0.6) is 11.6 Å². The van der Waals surface area contributed by atoms with Crippen molar-refractivity contribution < 1.29 is 32.7 Å². The molecule has 1 aromatic heterocycles. The number of nitro groups is 1. The van der Waals surface area contributed by atoms with Gasteiger partial charge in [-0.2, -0.15) is 0 Å². The van der Waals surface area contributed by atoms with Crippen molar-refractivity contribution in [2.75, 3.05) is 0 Å². The highest BCUT2D eigenvalue weighted by Crippen LogP contribution is 2.37. The first-order valence-electron chi connectivity index (χ1n) is 3.95. The number of halogens is 4. The summed E-state index contributed by atoms with van der Waals surface area (Å²) < 4.78 is 38.9. The number of hydrogen-bond acceptors (Lipinski definition) is 6. The number of carbonyl (C=O) groups excluding carboxylic acids is 1. The van der Waals surface area contributed by atoms with Gasteiger partial charge in [0.15, 0.2) is 11.3 Å². The normalized spacial score (nSPS) is 11.1. The molecular weight excluding hydrogens is 285 g/mol. The quantitative estimate of drug-likeness (QED) is 0.517. The Hall–Kier alpha value is -2.10. The van der Waals surface area contributed by atoms with Gasteiger partial charge in [0.2, 0.25) is 0 Å². The largest absolute Gasteiger partial charge is 0.574 e. The molecule has 1 heterocycles. The first kappa shape index (κ1) is 14.0. The molecule has 0 aromatic carbocycles. The molecule has 7 nitrogen and oxygen atoms in total. The lowest BCUT2D eigenvalue weighted by molar-refractivity contribution is -0.385. The van der Waals surface area contributed by atoms with Gasteiger partial charge in [-0.05, 0) is 11.6 Å². The molecule has 98 valence electrons. The van der Waals surface area contributed by atoms with Gasteiger partial charge in [-0.1, -0.05) is 0 Å². The molecule has 11 heteroatoms. The molecule has 0 fully saturated rings. The fourth-order valence-electron chi connectivity index (χ4n) is 0.990. The number of nitrogens with zero attached hydrogens (tertiary/aromatic N) is 2. The first-order chi connectivity index (χ1) is 8.13. The van der Waals surface area contributed by atoms with Gasteiger partial charge in [0.1, 0.15) is 6.20 Å². The molecule has 0 spiro atoms. The summed E-state index contributed by atoms with van der Waals surface area (Å²) in [5.41, 5.74) is -2.17. The molecule has 1 N–H and O–H groups in total. The van der Waals surface area contributed by atoms with Crippen LogP contribution < -0.4 is 4.74 Å². The van der Waals surface area contributed by atoms with Crippen molar-refractivity contribution >= 4 is 22.5 Å². The van der Waals surface area contributed by atoms with Crippen LogP contribution in [0.2, 0.25) is 0 Å². The second kappa shape index (κ2) is 4.64. The van der Waals surface area contributed by atoms with Crippen molar-refractivity contribution in [1.82, 2.24) is 4.98 Å². The van der Waals surface area contributed by atoms with Crippen molar-refractivity contribution in [3.8, 4) is 11.6 Å². The summed E-state index contributed by atoms with van der Waals surface area (Å²) in [4.78, 5) is 23.0. The number of rotatable bonds is 3. The van der Waals surface area contributed by atoms with Crippen LogP contribution in [0.25, 0.3) is 0 Å². The van der Waals surface area contributed by atoms with Gasteiger partial charge in [0.05, 0.1) is 4.92 Å². The van der Waals surface area contributed by atoms with Crippen molar-refractivity contribution in [3.63, 3.8) is 0 Å². The molecule has 0 amide bonds. The zero-order valence-electron chi connectivity index (χ0n) is 8.06. The predicted molar refractivity (Wildman–Crippen MR) is 49.4 cm³/mol. The van der Waals surface area contributed by atoms with Crippen molar-refractivity contribution in [3.05, 3.63) is 21.9 Å². The SMILES string of the molecule is O=C(Cl)c1c([N+](=O)[O-])cnc(OC(F)(F)F)c1O. The maximum absolute atomic E-state index is 11.9. The molecule has 0 atom stereocenters. The lowest BCUT2D eigenvalue weighted by Crippen LogP contribution is -2.18. The molecule has 0 aliphatic heterocycles. The Morgan fingerprint density at radius 1 is 1.56 bits per heavy atom. The van der Waals surface area contributed by atoms with Crippen molar-refractivity contribution in [2.24, 2.45) is 0 Å². The lowest BCUT2D eigenvalue weighted by Gasteiger charge is -2.10. The molecule has 18 heavy (non-hydrogen) atoms. The van der Waals surface area contributed by atoms with E-state index in [9.17, 15) is 33.2 Å². The van der Waals surface area contributed by atoms with E-state index < -0.39 is 39.4 Å². The minimum absolute atomic E-state index is 0.316. The summed E-state index contributed by atoms with van der Waals surface area (Å²) in [7, 11) is 0. The maximum Gasteiger partial charge on any atom is 0.574 e. The molecule has 0 aliphatic rings. The van der Waals surface area contributed by atoms with Gasteiger partial charge in [-0.3, -0.25) is 14.9 Å². The van der Waals surface area contributed by atoms with Crippen LogP contribution in [0, 0.1) is 10.1 Å². The van der Waals surface area contributed by atoms with Gasteiger partial charge in [0.25, 0.3) is 11.1 Å². The Kier molecular flexibility index (Phi) is 3.60. The molecule has 0 aliphatic carbocycles. The van der Waals surface area contributed by atoms with Gasteiger partial charge in [0, 0.05) is 0 Å². The van der Waals surface area contributed by atoms with Crippen LogP contribution in [0.1, 0.15) is 10.4 Å². The summed E-state index contributed by atoms with van der Waals surface area (Å²) in [6.45, 7) is 0. The van der Waals surface area contributed by atoms with Crippen molar-refractivity contribution in [1.29, 1.82) is 0 Å². The van der Waals surface area contributed by atoms with Gasteiger partial charge >= 0.3 is 12.0 Å². The monoisotopic (exact) mass is 286 g/mol. The Morgan fingerprint density at radius 2 is 2.11 bits per heavy atom. The van der Waals surface area contributed by atoms with Gasteiger partial charge < -0.3 is 9.84 Å². The molecular formula is C7H2ClF3N2O5. The van der Waals surface area contributed by atoms with E-state index in [1.54, 1.807) is 0 Å². The number of ether oxygens (including phenoxy) is 1. The topological polar surface area (TPSA) is 103 Å².